The van der Waals surface area contributed by atoms with Crippen LogP contribution in [0.15, 0.2) is 29.8 Å². The van der Waals surface area contributed by atoms with Crippen LogP contribution in [0.5, 0.6) is 0 Å². The molecule has 3 atom stereocenters. The van der Waals surface area contributed by atoms with E-state index in [1.54, 1.807) is 0 Å². The van der Waals surface area contributed by atoms with Crippen molar-refractivity contribution < 1.29 is 23.8 Å². The van der Waals surface area contributed by atoms with Gasteiger partial charge in [0, 0.05) is 39.2 Å². The van der Waals surface area contributed by atoms with Gasteiger partial charge in [0.2, 0.25) is 0 Å². The van der Waals surface area contributed by atoms with Crippen LogP contribution in [-0.2, 0) is 23.8 Å². The maximum atomic E-state index is 12.4. The Morgan fingerprint density at radius 2 is 1.15 bits per heavy atom. The van der Waals surface area contributed by atoms with Crippen molar-refractivity contribution in [1.29, 1.82) is 0 Å². The van der Waals surface area contributed by atoms with Gasteiger partial charge in [-0.3, -0.25) is 9.59 Å². The summed E-state index contributed by atoms with van der Waals surface area (Å²) in [5, 5.41) is 0. The molecule has 7 heteroatoms. The Morgan fingerprint density at radius 3 is 1.73 bits per heavy atom. The minimum Gasteiger partial charge on any atom is -0.466 e. The van der Waals surface area contributed by atoms with Gasteiger partial charge >= 0.3 is 11.9 Å². The third-order valence-electron chi connectivity index (χ3n) is 11.1. The summed E-state index contributed by atoms with van der Waals surface area (Å²) >= 11 is 0. The van der Waals surface area contributed by atoms with Gasteiger partial charge in [0.1, 0.15) is 0 Å². The molecule has 0 aromatic heterocycles. The smallest absolute Gasteiger partial charge is 0.306 e. The van der Waals surface area contributed by atoms with Gasteiger partial charge in [0.15, 0.2) is 0 Å². The largest absolute Gasteiger partial charge is 0.466 e. The summed E-state index contributed by atoms with van der Waals surface area (Å²) in [6.07, 6.45) is 31.2. The molecule has 1 rings (SSSR count). The lowest BCUT2D eigenvalue weighted by atomic mass is 9.98. The molecule has 0 amide bonds. The van der Waals surface area contributed by atoms with Crippen LogP contribution in [0, 0.1) is 11.8 Å². The van der Waals surface area contributed by atoms with Crippen LogP contribution in [0.4, 0.5) is 0 Å². The summed E-state index contributed by atoms with van der Waals surface area (Å²) in [7, 11) is 2.22. The van der Waals surface area contributed by atoms with E-state index in [-0.39, 0.29) is 17.9 Å². The minimum atomic E-state index is -0.108. The first-order chi connectivity index (χ1) is 26.9. The zero-order valence-electron chi connectivity index (χ0n) is 36.5. The molecule has 0 aromatic carbocycles. The molecule has 0 spiro atoms. The normalized spacial score (nSPS) is 15.1. The van der Waals surface area contributed by atoms with E-state index in [1.807, 2.05) is 6.08 Å². The van der Waals surface area contributed by atoms with Crippen LogP contribution in [-0.4, -0.2) is 87.4 Å². The lowest BCUT2D eigenvalue weighted by Crippen LogP contribution is -2.44. The SMILES string of the molecule is C=C=C=C=CC(CCCCC)CC(=O)OCCCCCCCCC(CCCCCCCCOC(=O)CC(C)CCCCC)OCCCCN1CCN(C)CC1. The van der Waals surface area contributed by atoms with Crippen molar-refractivity contribution >= 4 is 11.9 Å². The molecule has 1 aliphatic rings. The van der Waals surface area contributed by atoms with Crippen LogP contribution in [0.1, 0.15) is 188 Å². The Labute approximate surface area is 339 Å². The Hall–Kier alpha value is -2.10. The molecular formula is C48H86N2O5. The lowest BCUT2D eigenvalue weighted by molar-refractivity contribution is -0.145. The predicted molar refractivity (Wildman–Crippen MR) is 230 cm³/mol. The number of nitrogens with zero attached hydrogens (tertiary/aromatic N) is 2. The second kappa shape index (κ2) is 37.5. The monoisotopic (exact) mass is 771 g/mol. The standard InChI is InChI=1S/C48H86N2O5/c1-6-9-20-29-44(4)42-47(51)54-40-26-18-14-12-16-23-32-46(53-39-28-25-34-50-37-35-49(5)36-38-50)33-24-17-13-15-19-27-41-55-48(52)43-45(30-21-10-7-2)31-22-11-8-3/h30,44-46H,2,6,8-9,11-20,22-29,31-43H2,1,3-5H3. The number of carbonyl (C=O) groups is 2. The molecule has 7 nitrogen and oxygen atoms in total. The van der Waals surface area contributed by atoms with Crippen LogP contribution < -0.4 is 0 Å². The van der Waals surface area contributed by atoms with Crippen LogP contribution >= 0.6 is 0 Å². The number of carbonyl (C=O) groups excluding carboxylic acids is 2. The molecule has 318 valence electrons. The molecule has 1 saturated heterocycles. The highest BCUT2D eigenvalue weighted by Gasteiger charge is 2.15. The maximum absolute atomic E-state index is 12.4. The predicted octanol–water partition coefficient (Wildman–Crippen LogP) is 11.8. The lowest BCUT2D eigenvalue weighted by Gasteiger charge is -2.32. The molecule has 0 aliphatic carbocycles. The Bertz CT molecular complexity index is 1040. The molecule has 1 aliphatic heterocycles. The minimum absolute atomic E-state index is 0.0189. The van der Waals surface area contributed by atoms with E-state index in [0.29, 0.717) is 38.1 Å². The molecule has 0 aromatic rings. The quantitative estimate of drug-likeness (QED) is 0.0354. The summed E-state index contributed by atoms with van der Waals surface area (Å²) in [6, 6.07) is 0. The highest BCUT2D eigenvalue weighted by atomic mass is 16.5. The Morgan fingerprint density at radius 1 is 0.636 bits per heavy atom. The van der Waals surface area contributed by atoms with Gasteiger partial charge in [-0.25, -0.2) is 0 Å². The van der Waals surface area contributed by atoms with Crippen LogP contribution in [0.3, 0.4) is 0 Å². The maximum Gasteiger partial charge on any atom is 0.306 e. The first-order valence-electron chi connectivity index (χ1n) is 23.1. The van der Waals surface area contributed by atoms with Crippen molar-refractivity contribution in [3.8, 4) is 0 Å². The number of esters is 2. The van der Waals surface area contributed by atoms with E-state index in [2.05, 4.69) is 61.4 Å². The first kappa shape index (κ1) is 50.9. The average Bonchev–Trinajstić information content (AvgIpc) is 3.17. The molecule has 0 bridgehead atoms. The van der Waals surface area contributed by atoms with E-state index in [1.165, 1.54) is 116 Å². The van der Waals surface area contributed by atoms with E-state index in [9.17, 15) is 9.59 Å². The summed E-state index contributed by atoms with van der Waals surface area (Å²) in [5.41, 5.74) is 8.29. The van der Waals surface area contributed by atoms with Gasteiger partial charge in [-0.05, 0) is 88.8 Å². The van der Waals surface area contributed by atoms with Gasteiger partial charge in [-0.1, -0.05) is 141 Å². The molecule has 55 heavy (non-hydrogen) atoms. The zero-order valence-corrected chi connectivity index (χ0v) is 36.5. The Balaban J connectivity index is 2.25. The van der Waals surface area contributed by atoms with E-state index in [0.717, 1.165) is 77.2 Å². The molecular weight excluding hydrogens is 685 g/mol. The summed E-state index contributed by atoms with van der Waals surface area (Å²) in [5.74, 6) is 0.445. The Kier molecular flexibility index (Phi) is 34.7. The summed E-state index contributed by atoms with van der Waals surface area (Å²) in [6.45, 7) is 18.0. The first-order valence-corrected chi connectivity index (χ1v) is 23.1. The number of allylic oxidation sites excluding steroid dienone is 1. The number of rotatable bonds is 37. The number of likely N-dealkylation sites (N-methyl/N-ethyl adjacent to an activating group) is 1. The van der Waals surface area contributed by atoms with Gasteiger partial charge in [-0.15, -0.1) is 0 Å². The van der Waals surface area contributed by atoms with Gasteiger partial charge in [-0.2, -0.15) is 0 Å². The number of piperazine rings is 1. The van der Waals surface area contributed by atoms with E-state index >= 15 is 0 Å². The fourth-order valence-corrected chi connectivity index (χ4v) is 7.38. The zero-order chi connectivity index (χ0) is 40.0. The number of hydrogen-bond donors (Lipinski definition) is 0. The highest BCUT2D eigenvalue weighted by Crippen LogP contribution is 2.19. The van der Waals surface area contributed by atoms with Gasteiger partial charge in [0.05, 0.1) is 25.7 Å². The van der Waals surface area contributed by atoms with Gasteiger partial charge in [0.25, 0.3) is 0 Å². The number of ether oxygens (including phenoxy) is 3. The third kappa shape index (κ3) is 32.7. The fraction of sp³-hybridized carbons (Fsp3) is 0.854. The third-order valence-corrected chi connectivity index (χ3v) is 11.1. The van der Waals surface area contributed by atoms with Crippen molar-refractivity contribution in [2.24, 2.45) is 11.8 Å². The molecule has 1 heterocycles. The van der Waals surface area contributed by atoms with Gasteiger partial charge < -0.3 is 24.0 Å². The summed E-state index contributed by atoms with van der Waals surface area (Å²) in [4.78, 5) is 29.6. The number of hydrogen-bond acceptors (Lipinski definition) is 7. The van der Waals surface area contributed by atoms with Crippen molar-refractivity contribution in [3.63, 3.8) is 0 Å². The van der Waals surface area contributed by atoms with Crippen molar-refractivity contribution in [1.82, 2.24) is 9.80 Å². The van der Waals surface area contributed by atoms with Crippen molar-refractivity contribution in [2.75, 3.05) is 59.6 Å². The van der Waals surface area contributed by atoms with Crippen molar-refractivity contribution in [2.45, 2.75) is 194 Å². The second-order valence-electron chi connectivity index (χ2n) is 16.5. The molecule has 0 N–H and O–H groups in total. The number of unbranched alkanes of at least 4 members (excludes halogenated alkanes) is 15. The highest BCUT2D eigenvalue weighted by molar-refractivity contribution is 5.70. The molecule has 1 fully saturated rings. The molecule has 3 unspecified atom stereocenters. The second-order valence-corrected chi connectivity index (χ2v) is 16.5. The summed E-state index contributed by atoms with van der Waals surface area (Å²) < 4.78 is 17.6. The van der Waals surface area contributed by atoms with E-state index < -0.39 is 0 Å². The van der Waals surface area contributed by atoms with Crippen LogP contribution in [0.2, 0.25) is 0 Å². The molecule has 0 saturated carbocycles. The van der Waals surface area contributed by atoms with E-state index in [4.69, 9.17) is 14.2 Å². The van der Waals surface area contributed by atoms with Crippen molar-refractivity contribution in [3.05, 3.63) is 29.8 Å². The fourth-order valence-electron chi connectivity index (χ4n) is 7.38. The topological polar surface area (TPSA) is 68.3 Å². The molecule has 0 radical (unpaired) electrons. The average molecular weight is 771 g/mol. The van der Waals surface area contributed by atoms with Crippen LogP contribution in [0.25, 0.3) is 0 Å².